The average Bonchev–Trinajstić information content (AvgIpc) is 2.89. The molecule has 0 heterocycles. The number of amides is 1. The van der Waals surface area contributed by atoms with Crippen molar-refractivity contribution in [1.82, 2.24) is 5.32 Å². The first kappa shape index (κ1) is 11.0. The molecule has 1 amide bonds. The molecule has 2 atom stereocenters. The average molecular weight is 225 g/mol. The molecule has 1 aliphatic rings. The summed E-state index contributed by atoms with van der Waals surface area (Å²) >= 11 is 0. The number of hydrogen-bond acceptors (Lipinski definition) is 1. The van der Waals surface area contributed by atoms with E-state index in [0.717, 1.165) is 5.56 Å². The normalized spacial score (nSPS) is 23.6. The second-order valence-electron chi connectivity index (χ2n) is 4.16. The quantitative estimate of drug-likeness (QED) is 0.841. The van der Waals surface area contributed by atoms with E-state index in [2.05, 4.69) is 5.32 Å². The van der Waals surface area contributed by atoms with Gasteiger partial charge in [0.15, 0.2) is 0 Å². The van der Waals surface area contributed by atoms with Crippen LogP contribution in [-0.4, -0.2) is 11.8 Å². The molecule has 1 aliphatic carbocycles. The van der Waals surface area contributed by atoms with Crippen LogP contribution in [0.2, 0.25) is 0 Å². The van der Waals surface area contributed by atoms with Crippen molar-refractivity contribution in [3.8, 4) is 0 Å². The Morgan fingerprint density at radius 2 is 2.00 bits per heavy atom. The smallest absolute Gasteiger partial charge is 0.260 e. The van der Waals surface area contributed by atoms with Gasteiger partial charge in [-0.3, -0.25) is 4.79 Å². The van der Waals surface area contributed by atoms with Crippen molar-refractivity contribution >= 4 is 5.91 Å². The van der Waals surface area contributed by atoms with Crippen LogP contribution in [0.3, 0.4) is 0 Å². The number of carbonyl (C=O) groups is 1. The molecule has 0 unspecified atom stereocenters. The van der Waals surface area contributed by atoms with Crippen LogP contribution in [0.5, 0.6) is 0 Å². The van der Waals surface area contributed by atoms with Gasteiger partial charge in [0.25, 0.3) is 5.92 Å². The molecule has 0 bridgehead atoms. The van der Waals surface area contributed by atoms with Crippen LogP contribution in [0.15, 0.2) is 30.3 Å². The highest BCUT2D eigenvalue weighted by atomic mass is 19.3. The second-order valence-corrected chi connectivity index (χ2v) is 4.16. The fourth-order valence-corrected chi connectivity index (χ4v) is 1.64. The topological polar surface area (TPSA) is 29.1 Å². The van der Waals surface area contributed by atoms with Crippen LogP contribution in [0.4, 0.5) is 8.78 Å². The number of rotatable bonds is 3. The predicted octanol–water partition coefficient (Wildman–Crippen LogP) is 2.52. The highest BCUT2D eigenvalue weighted by molar-refractivity contribution is 5.83. The fraction of sp³-hybridized carbons (Fsp3) is 0.417. The van der Waals surface area contributed by atoms with E-state index in [-0.39, 0.29) is 12.5 Å². The van der Waals surface area contributed by atoms with Gasteiger partial charge in [-0.15, -0.1) is 0 Å². The lowest BCUT2D eigenvalue weighted by Crippen LogP contribution is -2.29. The molecule has 1 fully saturated rings. The van der Waals surface area contributed by atoms with Crippen molar-refractivity contribution < 1.29 is 13.6 Å². The van der Waals surface area contributed by atoms with Crippen LogP contribution in [0, 0.1) is 5.92 Å². The van der Waals surface area contributed by atoms with Gasteiger partial charge >= 0.3 is 0 Å². The zero-order valence-electron chi connectivity index (χ0n) is 8.91. The van der Waals surface area contributed by atoms with E-state index in [1.165, 1.54) is 0 Å². The maximum Gasteiger partial charge on any atom is 0.260 e. The molecule has 0 radical (unpaired) electrons. The Bertz CT molecular complexity index is 391. The minimum atomic E-state index is -2.79. The molecule has 1 aromatic rings. The number of carbonyl (C=O) groups excluding carboxylic acids is 1. The molecule has 4 heteroatoms. The first-order valence-electron chi connectivity index (χ1n) is 5.24. The standard InChI is InChI=1S/C12H13F2NO/c1-8(9-5-3-2-4-6-9)15-11(16)10-7-12(10,13)14/h2-6,8,10H,7H2,1H3,(H,15,16)/t8-,10-/m1/s1. The molecule has 1 N–H and O–H groups in total. The molecule has 2 rings (SSSR count). The number of hydrogen-bond donors (Lipinski definition) is 1. The first-order chi connectivity index (χ1) is 7.50. The maximum atomic E-state index is 12.6. The summed E-state index contributed by atoms with van der Waals surface area (Å²) < 4.78 is 25.3. The van der Waals surface area contributed by atoms with Crippen LogP contribution in [0.1, 0.15) is 24.9 Å². The summed E-state index contributed by atoms with van der Waals surface area (Å²) in [6, 6.07) is 9.05. The van der Waals surface area contributed by atoms with Crippen molar-refractivity contribution in [3.63, 3.8) is 0 Å². The maximum absolute atomic E-state index is 12.6. The van der Waals surface area contributed by atoms with Crippen LogP contribution in [-0.2, 0) is 4.79 Å². The van der Waals surface area contributed by atoms with Gasteiger partial charge < -0.3 is 5.32 Å². The number of benzene rings is 1. The Balaban J connectivity index is 1.94. The van der Waals surface area contributed by atoms with Crippen LogP contribution in [0.25, 0.3) is 0 Å². The van der Waals surface area contributed by atoms with Crippen molar-refractivity contribution in [1.29, 1.82) is 0 Å². The van der Waals surface area contributed by atoms with Crippen LogP contribution >= 0.6 is 0 Å². The van der Waals surface area contributed by atoms with Gasteiger partial charge in [-0.25, -0.2) is 8.78 Å². The molecular formula is C12H13F2NO. The molecule has 0 saturated heterocycles. The molecule has 0 aliphatic heterocycles. The third-order valence-corrected chi connectivity index (χ3v) is 2.80. The van der Waals surface area contributed by atoms with Crippen molar-refractivity contribution in [3.05, 3.63) is 35.9 Å². The Morgan fingerprint density at radius 1 is 1.44 bits per heavy atom. The SMILES string of the molecule is C[C@@H](NC(=O)[C@H]1CC1(F)F)c1ccccc1. The Labute approximate surface area is 92.7 Å². The summed E-state index contributed by atoms with van der Waals surface area (Å²) in [6.07, 6.45) is -0.319. The van der Waals surface area contributed by atoms with E-state index < -0.39 is 17.7 Å². The van der Waals surface area contributed by atoms with E-state index in [9.17, 15) is 13.6 Å². The fourth-order valence-electron chi connectivity index (χ4n) is 1.64. The lowest BCUT2D eigenvalue weighted by Gasteiger charge is -2.13. The second kappa shape index (κ2) is 3.85. The van der Waals surface area contributed by atoms with E-state index >= 15 is 0 Å². The van der Waals surface area contributed by atoms with Gasteiger partial charge in [0.05, 0.1) is 6.04 Å². The molecule has 1 aromatic carbocycles. The van der Waals surface area contributed by atoms with Crippen molar-refractivity contribution in [2.24, 2.45) is 5.92 Å². The zero-order valence-corrected chi connectivity index (χ0v) is 8.91. The molecule has 1 saturated carbocycles. The summed E-state index contributed by atoms with van der Waals surface area (Å²) in [5, 5.41) is 2.59. The minimum Gasteiger partial charge on any atom is -0.349 e. The lowest BCUT2D eigenvalue weighted by molar-refractivity contribution is -0.125. The van der Waals surface area contributed by atoms with Gasteiger partial charge in [-0.1, -0.05) is 30.3 Å². The van der Waals surface area contributed by atoms with Crippen LogP contribution < -0.4 is 5.32 Å². The summed E-state index contributed by atoms with van der Waals surface area (Å²) in [5.74, 6) is -4.47. The van der Waals surface area contributed by atoms with E-state index in [1.54, 1.807) is 6.92 Å². The highest BCUT2D eigenvalue weighted by Gasteiger charge is 2.61. The van der Waals surface area contributed by atoms with Gasteiger partial charge in [0.1, 0.15) is 5.92 Å². The molecule has 0 spiro atoms. The molecule has 0 aromatic heterocycles. The van der Waals surface area contributed by atoms with E-state index in [0.29, 0.717) is 0 Å². The Hall–Kier alpha value is -1.45. The molecule has 86 valence electrons. The Morgan fingerprint density at radius 3 is 2.50 bits per heavy atom. The highest BCUT2D eigenvalue weighted by Crippen LogP contribution is 2.48. The lowest BCUT2D eigenvalue weighted by atomic mass is 10.1. The van der Waals surface area contributed by atoms with Crippen molar-refractivity contribution in [2.75, 3.05) is 0 Å². The third-order valence-electron chi connectivity index (χ3n) is 2.80. The van der Waals surface area contributed by atoms with Gasteiger partial charge in [-0.05, 0) is 12.5 Å². The Kier molecular flexibility index (Phi) is 2.66. The first-order valence-corrected chi connectivity index (χ1v) is 5.24. The third kappa shape index (κ3) is 2.21. The summed E-state index contributed by atoms with van der Waals surface area (Å²) in [7, 11) is 0. The summed E-state index contributed by atoms with van der Waals surface area (Å²) in [6.45, 7) is 1.79. The predicted molar refractivity (Wildman–Crippen MR) is 56.1 cm³/mol. The monoisotopic (exact) mass is 225 g/mol. The van der Waals surface area contributed by atoms with Gasteiger partial charge in [0, 0.05) is 6.42 Å². The van der Waals surface area contributed by atoms with Crippen molar-refractivity contribution in [2.45, 2.75) is 25.3 Å². The molecular weight excluding hydrogens is 212 g/mol. The van der Waals surface area contributed by atoms with Gasteiger partial charge in [-0.2, -0.15) is 0 Å². The number of halogens is 2. The zero-order chi connectivity index (χ0) is 11.8. The number of nitrogens with one attached hydrogen (secondary N) is 1. The largest absolute Gasteiger partial charge is 0.349 e. The molecule has 16 heavy (non-hydrogen) atoms. The number of alkyl halides is 2. The molecule has 2 nitrogen and oxygen atoms in total. The van der Waals surface area contributed by atoms with E-state index in [1.807, 2.05) is 30.3 Å². The van der Waals surface area contributed by atoms with Gasteiger partial charge in [0.2, 0.25) is 5.91 Å². The summed E-state index contributed by atoms with van der Waals surface area (Å²) in [5.41, 5.74) is 0.916. The minimum absolute atomic E-state index is 0.231. The summed E-state index contributed by atoms with van der Waals surface area (Å²) in [4.78, 5) is 11.4. The van der Waals surface area contributed by atoms with E-state index in [4.69, 9.17) is 0 Å².